The minimum Gasteiger partial charge on any atom is -0.339 e. The van der Waals surface area contributed by atoms with Crippen molar-refractivity contribution >= 4 is 27.2 Å². The number of hydrogen-bond acceptors (Lipinski definition) is 6. The highest BCUT2D eigenvalue weighted by Crippen LogP contribution is 2.20. The highest BCUT2D eigenvalue weighted by atomic mass is 32.2. The number of aromatic nitrogens is 2. The van der Waals surface area contributed by atoms with Crippen molar-refractivity contribution < 1.29 is 13.2 Å². The average Bonchev–Trinajstić information content (AvgIpc) is 2.98. The third-order valence-electron chi connectivity index (χ3n) is 4.53. The van der Waals surface area contributed by atoms with Crippen LogP contribution in [0, 0.1) is 6.92 Å². The van der Waals surface area contributed by atoms with Gasteiger partial charge in [0.2, 0.25) is 0 Å². The van der Waals surface area contributed by atoms with Crippen LogP contribution in [0.25, 0.3) is 0 Å². The summed E-state index contributed by atoms with van der Waals surface area (Å²) in [5, 5.41) is 3.17. The number of carbonyl (C=O) groups excluding carboxylic acids is 1. The summed E-state index contributed by atoms with van der Waals surface area (Å²) in [6, 6.07) is 7.52. The van der Waals surface area contributed by atoms with E-state index in [0.717, 1.165) is 11.3 Å². The second kappa shape index (κ2) is 7.41. The lowest BCUT2D eigenvalue weighted by Gasteiger charge is -2.26. The Bertz CT molecular complexity index is 897. The van der Waals surface area contributed by atoms with Crippen LogP contribution < -0.4 is 5.32 Å². The van der Waals surface area contributed by atoms with Gasteiger partial charge in [0, 0.05) is 18.3 Å². The molecule has 0 bridgehead atoms. The maximum Gasteiger partial charge on any atom is 0.274 e. The number of para-hydroxylation sites is 1. The van der Waals surface area contributed by atoms with Gasteiger partial charge < -0.3 is 10.2 Å². The molecule has 1 saturated heterocycles. The third kappa shape index (κ3) is 4.01. The molecule has 3 rings (SSSR count). The van der Waals surface area contributed by atoms with E-state index in [1.807, 2.05) is 38.1 Å². The van der Waals surface area contributed by atoms with Crippen molar-refractivity contribution in [3.8, 4) is 0 Å². The van der Waals surface area contributed by atoms with E-state index in [-0.39, 0.29) is 29.1 Å². The molecule has 8 heteroatoms. The van der Waals surface area contributed by atoms with Gasteiger partial charge in [0.15, 0.2) is 9.84 Å². The number of carbonyl (C=O) groups is 1. The van der Waals surface area contributed by atoms with Crippen molar-refractivity contribution in [2.75, 3.05) is 23.4 Å². The number of nitrogens with zero attached hydrogens (tertiary/aromatic N) is 3. The van der Waals surface area contributed by atoms with Crippen LogP contribution >= 0.6 is 0 Å². The Morgan fingerprint density at radius 3 is 2.62 bits per heavy atom. The van der Waals surface area contributed by atoms with Crippen molar-refractivity contribution in [2.24, 2.45) is 0 Å². The van der Waals surface area contributed by atoms with Crippen LogP contribution in [-0.4, -0.2) is 53.3 Å². The number of amides is 1. The monoisotopic (exact) mass is 374 g/mol. The summed E-state index contributed by atoms with van der Waals surface area (Å²) in [7, 11) is -3.05. The molecule has 26 heavy (non-hydrogen) atoms. The smallest absolute Gasteiger partial charge is 0.274 e. The first kappa shape index (κ1) is 18.3. The van der Waals surface area contributed by atoms with Gasteiger partial charge >= 0.3 is 0 Å². The fourth-order valence-corrected chi connectivity index (χ4v) is 4.82. The van der Waals surface area contributed by atoms with Gasteiger partial charge in [0.25, 0.3) is 5.91 Å². The predicted molar refractivity (Wildman–Crippen MR) is 100 cm³/mol. The predicted octanol–water partition coefficient (Wildman–Crippen LogP) is 2.18. The highest BCUT2D eigenvalue weighted by molar-refractivity contribution is 7.91. The van der Waals surface area contributed by atoms with Crippen LogP contribution in [0.1, 0.15) is 29.4 Å². The summed E-state index contributed by atoms with van der Waals surface area (Å²) in [6.45, 7) is 4.26. The van der Waals surface area contributed by atoms with Crippen LogP contribution in [0.2, 0.25) is 0 Å². The first-order valence-corrected chi connectivity index (χ1v) is 10.4. The molecule has 1 N–H and O–H groups in total. The SMILES string of the molecule is CCN(C(=O)c1cnc(Nc2ccccc2C)cn1)C1CCS(=O)(=O)C1. The van der Waals surface area contributed by atoms with E-state index < -0.39 is 9.84 Å². The van der Waals surface area contributed by atoms with E-state index in [4.69, 9.17) is 0 Å². The van der Waals surface area contributed by atoms with Crippen LogP contribution in [0.3, 0.4) is 0 Å². The van der Waals surface area contributed by atoms with Crippen LogP contribution in [0.5, 0.6) is 0 Å². The zero-order valence-corrected chi connectivity index (χ0v) is 15.7. The molecule has 1 aliphatic heterocycles. The van der Waals surface area contributed by atoms with Gasteiger partial charge in [-0.05, 0) is 31.9 Å². The largest absolute Gasteiger partial charge is 0.339 e. The normalized spacial score (nSPS) is 18.5. The van der Waals surface area contributed by atoms with E-state index in [2.05, 4.69) is 15.3 Å². The Kier molecular flexibility index (Phi) is 5.22. The Balaban J connectivity index is 1.73. The fourth-order valence-electron chi connectivity index (χ4n) is 3.09. The van der Waals surface area contributed by atoms with Gasteiger partial charge in [-0.1, -0.05) is 18.2 Å². The second-order valence-electron chi connectivity index (χ2n) is 6.37. The molecule has 138 valence electrons. The summed E-state index contributed by atoms with van der Waals surface area (Å²) in [5.41, 5.74) is 2.22. The number of sulfone groups is 1. The molecule has 0 aliphatic carbocycles. The molecule has 0 radical (unpaired) electrons. The standard InChI is InChI=1S/C18H22N4O3S/c1-3-22(14-8-9-26(24,25)12-14)18(23)16-10-20-17(11-19-16)21-15-7-5-4-6-13(15)2/h4-7,10-11,14H,3,8-9,12H2,1-2H3,(H,20,21). The van der Waals surface area contributed by atoms with E-state index in [1.165, 1.54) is 12.4 Å². The third-order valence-corrected chi connectivity index (χ3v) is 6.28. The number of rotatable bonds is 5. The molecular weight excluding hydrogens is 352 g/mol. The molecule has 1 fully saturated rings. The van der Waals surface area contributed by atoms with Crippen molar-refractivity contribution in [3.05, 3.63) is 47.9 Å². The zero-order chi connectivity index (χ0) is 18.7. The molecular formula is C18H22N4O3S. The minimum atomic E-state index is -3.05. The van der Waals surface area contributed by atoms with Gasteiger partial charge in [0.05, 0.1) is 23.9 Å². The summed E-state index contributed by atoms with van der Waals surface area (Å²) >= 11 is 0. The van der Waals surface area contributed by atoms with Crippen molar-refractivity contribution in [1.82, 2.24) is 14.9 Å². The quantitative estimate of drug-likeness (QED) is 0.862. The molecule has 1 amide bonds. The number of nitrogens with one attached hydrogen (secondary N) is 1. The second-order valence-corrected chi connectivity index (χ2v) is 8.60. The van der Waals surface area contributed by atoms with E-state index in [1.54, 1.807) is 4.90 Å². The lowest BCUT2D eigenvalue weighted by atomic mass is 10.2. The molecule has 7 nitrogen and oxygen atoms in total. The number of anilines is 2. The van der Waals surface area contributed by atoms with Gasteiger partial charge in [0.1, 0.15) is 11.5 Å². The molecule has 2 heterocycles. The Labute approximate surface area is 153 Å². The van der Waals surface area contributed by atoms with E-state index in [0.29, 0.717) is 18.8 Å². The average molecular weight is 374 g/mol. The van der Waals surface area contributed by atoms with Crippen molar-refractivity contribution in [3.63, 3.8) is 0 Å². The number of aryl methyl sites for hydroxylation is 1. The van der Waals surface area contributed by atoms with Crippen molar-refractivity contribution in [2.45, 2.75) is 26.3 Å². The molecule has 1 aliphatic rings. The maximum atomic E-state index is 12.7. The number of benzene rings is 1. The molecule has 0 saturated carbocycles. The highest BCUT2D eigenvalue weighted by Gasteiger charge is 2.34. The molecule has 2 aromatic rings. The summed E-state index contributed by atoms with van der Waals surface area (Å²) in [6.07, 6.45) is 3.41. The van der Waals surface area contributed by atoms with Gasteiger partial charge in [-0.25, -0.2) is 18.4 Å². The molecule has 0 spiro atoms. The molecule has 1 aromatic heterocycles. The Morgan fingerprint density at radius 2 is 2.04 bits per heavy atom. The Morgan fingerprint density at radius 1 is 1.27 bits per heavy atom. The van der Waals surface area contributed by atoms with Crippen LogP contribution in [0.15, 0.2) is 36.7 Å². The van der Waals surface area contributed by atoms with Gasteiger partial charge in [-0.15, -0.1) is 0 Å². The first-order valence-electron chi connectivity index (χ1n) is 8.55. The first-order chi connectivity index (χ1) is 12.4. The van der Waals surface area contributed by atoms with Gasteiger partial charge in [-0.3, -0.25) is 4.79 Å². The van der Waals surface area contributed by atoms with Gasteiger partial charge in [-0.2, -0.15) is 0 Å². The topological polar surface area (TPSA) is 92.3 Å². The zero-order valence-electron chi connectivity index (χ0n) is 14.8. The lowest BCUT2D eigenvalue weighted by molar-refractivity contribution is 0.0702. The summed E-state index contributed by atoms with van der Waals surface area (Å²) in [5.74, 6) is 0.408. The summed E-state index contributed by atoms with van der Waals surface area (Å²) < 4.78 is 23.4. The minimum absolute atomic E-state index is 0.0208. The van der Waals surface area contributed by atoms with E-state index in [9.17, 15) is 13.2 Å². The molecule has 1 atom stereocenters. The molecule has 1 unspecified atom stereocenters. The fraction of sp³-hybridized carbons (Fsp3) is 0.389. The van der Waals surface area contributed by atoms with Crippen LogP contribution in [0.4, 0.5) is 11.5 Å². The lowest BCUT2D eigenvalue weighted by Crippen LogP contribution is -2.41. The molecule has 1 aromatic carbocycles. The van der Waals surface area contributed by atoms with Crippen molar-refractivity contribution in [1.29, 1.82) is 0 Å². The number of hydrogen-bond donors (Lipinski definition) is 1. The summed E-state index contributed by atoms with van der Waals surface area (Å²) in [4.78, 5) is 22.8. The van der Waals surface area contributed by atoms with E-state index >= 15 is 0 Å². The van der Waals surface area contributed by atoms with Crippen LogP contribution in [-0.2, 0) is 9.84 Å². The Hall–Kier alpha value is -2.48. The maximum absolute atomic E-state index is 12.7.